The van der Waals surface area contributed by atoms with E-state index < -0.39 is 6.10 Å². The maximum Gasteiger partial charge on any atom is 0.261 e. The second kappa shape index (κ2) is 7.11. The zero-order chi connectivity index (χ0) is 14.5. The van der Waals surface area contributed by atoms with Crippen molar-refractivity contribution in [1.29, 1.82) is 0 Å². The molecule has 0 aliphatic heterocycles. The monoisotopic (exact) mass is 339 g/mol. The Kier molecular flexibility index (Phi) is 5.46. The summed E-state index contributed by atoms with van der Waals surface area (Å²) in [6.45, 7) is 4.01. The largest absolute Gasteiger partial charge is 0.480 e. The molecule has 4 heteroatoms. The Balaban J connectivity index is 1.90. The number of carbonyl (C=O) groups is 1. The molecule has 1 N–H and O–H groups in total. The van der Waals surface area contributed by atoms with E-state index >= 15 is 0 Å². The molecule has 1 saturated carbocycles. The Morgan fingerprint density at radius 1 is 1.35 bits per heavy atom. The van der Waals surface area contributed by atoms with Crippen molar-refractivity contribution in [2.24, 2.45) is 5.92 Å². The molecule has 3 atom stereocenters. The molecule has 110 valence electrons. The quantitative estimate of drug-likeness (QED) is 0.902. The smallest absolute Gasteiger partial charge is 0.261 e. The number of ether oxygens (including phenoxy) is 1. The first-order valence-electron chi connectivity index (χ1n) is 7.29. The number of para-hydroxylation sites is 1. The molecule has 3 nitrogen and oxygen atoms in total. The van der Waals surface area contributed by atoms with Crippen LogP contribution in [0.5, 0.6) is 5.75 Å². The Labute approximate surface area is 129 Å². The van der Waals surface area contributed by atoms with E-state index in [2.05, 4.69) is 28.2 Å². The number of nitrogens with one attached hydrogen (secondary N) is 1. The van der Waals surface area contributed by atoms with Crippen molar-refractivity contribution in [3.05, 3.63) is 28.7 Å². The molecule has 2 rings (SSSR count). The average molecular weight is 340 g/mol. The highest BCUT2D eigenvalue weighted by molar-refractivity contribution is 9.10. The van der Waals surface area contributed by atoms with Crippen LogP contribution in [-0.2, 0) is 4.79 Å². The highest BCUT2D eigenvalue weighted by atomic mass is 79.9. The van der Waals surface area contributed by atoms with Gasteiger partial charge in [0, 0.05) is 6.04 Å². The predicted octanol–water partition coefficient (Wildman–Crippen LogP) is 3.91. The summed E-state index contributed by atoms with van der Waals surface area (Å²) in [5, 5.41) is 3.13. The molecular weight excluding hydrogens is 318 g/mol. The van der Waals surface area contributed by atoms with Gasteiger partial charge in [-0.25, -0.2) is 0 Å². The van der Waals surface area contributed by atoms with E-state index in [1.165, 1.54) is 19.3 Å². The lowest BCUT2D eigenvalue weighted by Gasteiger charge is -2.30. The summed E-state index contributed by atoms with van der Waals surface area (Å²) in [5.41, 5.74) is 0. The lowest BCUT2D eigenvalue weighted by atomic mass is 9.86. The van der Waals surface area contributed by atoms with E-state index in [4.69, 9.17) is 4.74 Å². The number of benzene rings is 1. The normalized spacial score (nSPS) is 23.9. The average Bonchev–Trinajstić information content (AvgIpc) is 2.43. The van der Waals surface area contributed by atoms with Crippen LogP contribution in [0.2, 0.25) is 0 Å². The zero-order valence-electron chi connectivity index (χ0n) is 12.1. The first-order valence-corrected chi connectivity index (χ1v) is 8.09. The second-order valence-electron chi connectivity index (χ2n) is 5.57. The number of carbonyl (C=O) groups excluding carboxylic acids is 1. The van der Waals surface area contributed by atoms with Gasteiger partial charge in [0.15, 0.2) is 6.10 Å². The summed E-state index contributed by atoms with van der Waals surface area (Å²) < 4.78 is 6.59. The van der Waals surface area contributed by atoms with Crippen LogP contribution in [-0.4, -0.2) is 18.1 Å². The van der Waals surface area contributed by atoms with E-state index in [0.717, 1.165) is 10.9 Å². The summed E-state index contributed by atoms with van der Waals surface area (Å²) in [4.78, 5) is 12.2. The lowest BCUT2D eigenvalue weighted by Crippen LogP contribution is -2.46. The Morgan fingerprint density at radius 3 is 2.75 bits per heavy atom. The molecule has 0 radical (unpaired) electrons. The molecule has 20 heavy (non-hydrogen) atoms. The number of halogens is 1. The first-order chi connectivity index (χ1) is 9.58. The minimum atomic E-state index is -0.483. The molecule has 0 aromatic heterocycles. The Bertz CT molecular complexity index is 464. The van der Waals surface area contributed by atoms with Crippen LogP contribution in [0.1, 0.15) is 39.5 Å². The minimum absolute atomic E-state index is 0.0282. The van der Waals surface area contributed by atoms with Crippen LogP contribution in [0, 0.1) is 5.92 Å². The molecule has 0 spiro atoms. The van der Waals surface area contributed by atoms with Gasteiger partial charge in [-0.3, -0.25) is 4.79 Å². The van der Waals surface area contributed by atoms with Crippen molar-refractivity contribution in [2.45, 2.75) is 51.7 Å². The minimum Gasteiger partial charge on any atom is -0.480 e. The summed E-state index contributed by atoms with van der Waals surface area (Å²) in [5.74, 6) is 1.23. The van der Waals surface area contributed by atoms with E-state index in [0.29, 0.717) is 17.7 Å². The first kappa shape index (κ1) is 15.4. The van der Waals surface area contributed by atoms with Crippen LogP contribution >= 0.6 is 15.9 Å². The van der Waals surface area contributed by atoms with Crippen molar-refractivity contribution < 1.29 is 9.53 Å². The van der Waals surface area contributed by atoms with Gasteiger partial charge >= 0.3 is 0 Å². The zero-order valence-corrected chi connectivity index (χ0v) is 13.7. The fraction of sp³-hybridized carbons (Fsp3) is 0.562. The van der Waals surface area contributed by atoms with Crippen molar-refractivity contribution in [2.75, 3.05) is 0 Å². The summed E-state index contributed by atoms with van der Waals surface area (Å²) >= 11 is 3.43. The Morgan fingerprint density at radius 2 is 2.05 bits per heavy atom. The summed E-state index contributed by atoms with van der Waals surface area (Å²) in [6.07, 6.45) is 4.27. The van der Waals surface area contributed by atoms with Gasteiger partial charge in [0.05, 0.1) is 4.47 Å². The predicted molar refractivity (Wildman–Crippen MR) is 83.8 cm³/mol. The van der Waals surface area contributed by atoms with Crippen molar-refractivity contribution in [3.63, 3.8) is 0 Å². The topological polar surface area (TPSA) is 38.3 Å². The van der Waals surface area contributed by atoms with Gasteiger partial charge in [-0.1, -0.05) is 31.9 Å². The van der Waals surface area contributed by atoms with Crippen molar-refractivity contribution in [1.82, 2.24) is 5.32 Å². The van der Waals surface area contributed by atoms with Crippen LogP contribution in [0.4, 0.5) is 0 Å². The van der Waals surface area contributed by atoms with Gasteiger partial charge in [0.1, 0.15) is 5.75 Å². The molecule has 0 saturated heterocycles. The van der Waals surface area contributed by atoms with Crippen LogP contribution in [0.15, 0.2) is 28.7 Å². The third-order valence-electron chi connectivity index (χ3n) is 3.95. The van der Waals surface area contributed by atoms with Gasteiger partial charge in [0.2, 0.25) is 0 Å². The van der Waals surface area contributed by atoms with Crippen LogP contribution < -0.4 is 10.1 Å². The molecule has 1 aliphatic carbocycles. The molecule has 3 unspecified atom stereocenters. The molecule has 1 aromatic carbocycles. The van der Waals surface area contributed by atoms with Gasteiger partial charge in [-0.15, -0.1) is 0 Å². The Hall–Kier alpha value is -1.03. The van der Waals surface area contributed by atoms with Crippen molar-refractivity contribution in [3.8, 4) is 5.75 Å². The second-order valence-corrected chi connectivity index (χ2v) is 6.42. The molecule has 1 amide bonds. The van der Waals surface area contributed by atoms with Gasteiger partial charge in [-0.2, -0.15) is 0 Å². The number of hydrogen-bond donors (Lipinski definition) is 1. The highest BCUT2D eigenvalue weighted by Crippen LogP contribution is 2.26. The third kappa shape index (κ3) is 3.98. The lowest BCUT2D eigenvalue weighted by molar-refractivity contribution is -0.128. The van der Waals surface area contributed by atoms with E-state index in [1.807, 2.05) is 24.3 Å². The molecular formula is C16H22BrNO2. The van der Waals surface area contributed by atoms with E-state index in [-0.39, 0.29) is 5.91 Å². The third-order valence-corrected chi connectivity index (χ3v) is 4.60. The molecule has 0 heterocycles. The highest BCUT2D eigenvalue weighted by Gasteiger charge is 2.25. The van der Waals surface area contributed by atoms with Gasteiger partial charge < -0.3 is 10.1 Å². The van der Waals surface area contributed by atoms with Crippen LogP contribution in [0.3, 0.4) is 0 Å². The van der Waals surface area contributed by atoms with E-state index in [1.54, 1.807) is 6.92 Å². The van der Waals surface area contributed by atoms with Gasteiger partial charge in [0.25, 0.3) is 5.91 Å². The number of hydrogen-bond acceptors (Lipinski definition) is 2. The SMILES string of the molecule is CC(Oc1ccccc1Br)C(=O)NC1CCCCC1C. The number of amides is 1. The molecule has 1 fully saturated rings. The number of rotatable bonds is 4. The molecule has 1 aromatic rings. The van der Waals surface area contributed by atoms with E-state index in [9.17, 15) is 4.79 Å². The molecule has 0 bridgehead atoms. The summed E-state index contributed by atoms with van der Waals surface area (Å²) in [7, 11) is 0. The maximum absolute atomic E-state index is 12.2. The fourth-order valence-corrected chi connectivity index (χ4v) is 2.99. The maximum atomic E-state index is 12.2. The summed E-state index contributed by atoms with van der Waals surface area (Å²) in [6, 6.07) is 7.88. The van der Waals surface area contributed by atoms with Gasteiger partial charge in [-0.05, 0) is 53.7 Å². The molecule has 1 aliphatic rings. The standard InChI is InChI=1S/C16H22BrNO2/c1-11-7-3-5-9-14(11)18-16(19)12(2)20-15-10-6-4-8-13(15)17/h4,6,8,10-12,14H,3,5,7,9H2,1-2H3,(H,18,19). The van der Waals surface area contributed by atoms with Crippen molar-refractivity contribution >= 4 is 21.8 Å². The van der Waals surface area contributed by atoms with Crippen LogP contribution in [0.25, 0.3) is 0 Å². The fourth-order valence-electron chi connectivity index (χ4n) is 2.62.